The standard InChI is InChI=1S/C16H10FN5O3S/c17-9-3-1-2-8(6-9)11-5-4-10(24-11)7-12-15(23)22(16(19)26-12)14-13(18)20-25-21-14/h1-7,19H,(H2,18,20)/b12-7+,19-16?. The van der Waals surface area contributed by atoms with Gasteiger partial charge >= 0.3 is 0 Å². The molecule has 1 fully saturated rings. The maximum Gasteiger partial charge on any atom is 0.272 e. The van der Waals surface area contributed by atoms with Crippen LogP contribution < -0.4 is 10.6 Å². The van der Waals surface area contributed by atoms with Gasteiger partial charge in [0.1, 0.15) is 17.3 Å². The van der Waals surface area contributed by atoms with E-state index in [-0.39, 0.29) is 27.5 Å². The largest absolute Gasteiger partial charge is 0.457 e. The zero-order valence-electron chi connectivity index (χ0n) is 13.0. The van der Waals surface area contributed by atoms with E-state index >= 15 is 0 Å². The van der Waals surface area contributed by atoms with Crippen LogP contribution in [0.3, 0.4) is 0 Å². The summed E-state index contributed by atoms with van der Waals surface area (Å²) < 4.78 is 23.5. The molecule has 0 spiro atoms. The Morgan fingerprint density at radius 3 is 2.85 bits per heavy atom. The van der Waals surface area contributed by atoms with Crippen molar-refractivity contribution in [3.05, 3.63) is 52.9 Å². The van der Waals surface area contributed by atoms with E-state index in [0.717, 1.165) is 16.7 Å². The molecular formula is C16H10FN5O3S. The highest BCUT2D eigenvalue weighted by Gasteiger charge is 2.37. The first-order valence-corrected chi connectivity index (χ1v) is 8.11. The van der Waals surface area contributed by atoms with E-state index in [9.17, 15) is 9.18 Å². The summed E-state index contributed by atoms with van der Waals surface area (Å²) in [6.45, 7) is 0. The van der Waals surface area contributed by atoms with Gasteiger partial charge in [-0.3, -0.25) is 10.2 Å². The van der Waals surface area contributed by atoms with Gasteiger partial charge in [0.15, 0.2) is 5.17 Å². The van der Waals surface area contributed by atoms with Crippen LogP contribution in [0.15, 0.2) is 50.3 Å². The monoisotopic (exact) mass is 371 g/mol. The summed E-state index contributed by atoms with van der Waals surface area (Å²) in [7, 11) is 0. The molecule has 4 rings (SSSR count). The molecule has 2 aromatic heterocycles. The molecule has 0 saturated carbocycles. The van der Waals surface area contributed by atoms with Crippen molar-refractivity contribution in [2.45, 2.75) is 0 Å². The zero-order chi connectivity index (χ0) is 18.3. The van der Waals surface area contributed by atoms with Crippen LogP contribution in [0.25, 0.3) is 17.4 Å². The lowest BCUT2D eigenvalue weighted by atomic mass is 10.2. The van der Waals surface area contributed by atoms with E-state index in [1.165, 1.54) is 18.2 Å². The van der Waals surface area contributed by atoms with Gasteiger partial charge in [-0.1, -0.05) is 12.1 Å². The van der Waals surface area contributed by atoms with Gasteiger partial charge in [0.2, 0.25) is 11.6 Å². The summed E-state index contributed by atoms with van der Waals surface area (Å²) in [5.74, 6) is -0.133. The van der Waals surface area contributed by atoms with Crippen LogP contribution in [0.4, 0.5) is 16.0 Å². The minimum absolute atomic E-state index is 0.0317. The molecule has 3 N–H and O–H groups in total. The van der Waals surface area contributed by atoms with Crippen molar-refractivity contribution in [2.24, 2.45) is 0 Å². The number of aromatic nitrogens is 2. The number of halogens is 1. The molecule has 1 aliphatic heterocycles. The number of nitrogen functional groups attached to an aromatic ring is 1. The topological polar surface area (TPSA) is 122 Å². The fourth-order valence-electron chi connectivity index (χ4n) is 2.38. The molecule has 130 valence electrons. The first kappa shape index (κ1) is 16.1. The quantitative estimate of drug-likeness (QED) is 0.678. The molecule has 0 bridgehead atoms. The maximum atomic E-state index is 13.3. The van der Waals surface area contributed by atoms with Crippen molar-refractivity contribution in [2.75, 3.05) is 10.6 Å². The van der Waals surface area contributed by atoms with Crippen LogP contribution in [0, 0.1) is 11.2 Å². The molecule has 1 saturated heterocycles. The van der Waals surface area contributed by atoms with Crippen molar-refractivity contribution in [3.63, 3.8) is 0 Å². The summed E-state index contributed by atoms with van der Waals surface area (Å²) in [4.78, 5) is 13.8. The Morgan fingerprint density at radius 1 is 1.27 bits per heavy atom. The Bertz CT molecular complexity index is 1060. The number of nitrogens with two attached hydrogens (primary N) is 1. The number of carbonyl (C=O) groups is 1. The summed E-state index contributed by atoms with van der Waals surface area (Å²) in [6.07, 6.45) is 1.49. The molecule has 3 heterocycles. The minimum atomic E-state index is -0.494. The lowest BCUT2D eigenvalue weighted by molar-refractivity contribution is -0.113. The first-order valence-electron chi connectivity index (χ1n) is 7.29. The smallest absolute Gasteiger partial charge is 0.272 e. The average molecular weight is 371 g/mol. The van der Waals surface area contributed by atoms with E-state index in [0.29, 0.717) is 17.1 Å². The van der Waals surface area contributed by atoms with Crippen molar-refractivity contribution in [1.29, 1.82) is 5.41 Å². The van der Waals surface area contributed by atoms with E-state index in [1.54, 1.807) is 24.3 Å². The molecule has 0 radical (unpaired) electrons. The predicted octanol–water partition coefficient (Wildman–Crippen LogP) is 3.11. The summed E-state index contributed by atoms with van der Waals surface area (Å²) >= 11 is 0.927. The molecule has 10 heteroatoms. The molecule has 1 aliphatic rings. The number of hydrogen-bond donors (Lipinski definition) is 2. The van der Waals surface area contributed by atoms with E-state index < -0.39 is 5.91 Å². The number of nitrogens with one attached hydrogen (secondary N) is 1. The Morgan fingerprint density at radius 2 is 2.12 bits per heavy atom. The van der Waals surface area contributed by atoms with Gasteiger partial charge < -0.3 is 10.2 Å². The average Bonchev–Trinajstić information content (AvgIpc) is 3.30. The highest BCUT2D eigenvalue weighted by atomic mass is 32.2. The van der Waals surface area contributed by atoms with Gasteiger partial charge in [0.25, 0.3) is 5.91 Å². The number of nitrogens with zero attached hydrogens (tertiary/aromatic N) is 3. The third-order valence-corrected chi connectivity index (χ3v) is 4.43. The van der Waals surface area contributed by atoms with Crippen molar-refractivity contribution in [1.82, 2.24) is 10.3 Å². The molecule has 8 nitrogen and oxygen atoms in total. The van der Waals surface area contributed by atoms with Crippen LogP contribution in [0.1, 0.15) is 5.76 Å². The molecule has 1 aromatic carbocycles. The lowest BCUT2D eigenvalue weighted by Crippen LogP contribution is -2.29. The van der Waals surface area contributed by atoms with Crippen molar-refractivity contribution >= 4 is 40.5 Å². The summed E-state index contributed by atoms with van der Waals surface area (Å²) in [5.41, 5.74) is 6.17. The zero-order valence-corrected chi connectivity index (χ0v) is 13.8. The van der Waals surface area contributed by atoms with Gasteiger partial charge in [0.05, 0.1) is 4.91 Å². The number of rotatable bonds is 3. The van der Waals surface area contributed by atoms with Gasteiger partial charge in [-0.15, -0.1) is 0 Å². The second kappa shape index (κ2) is 6.15. The molecule has 26 heavy (non-hydrogen) atoms. The van der Waals surface area contributed by atoms with E-state index in [4.69, 9.17) is 15.6 Å². The number of benzene rings is 1. The SMILES string of the molecule is N=C1S/C(=C/c2ccc(-c3cccc(F)c3)o2)C(=O)N1c1nonc1N. The third-order valence-electron chi connectivity index (χ3n) is 3.54. The Kier molecular flexibility index (Phi) is 3.81. The number of amides is 1. The van der Waals surface area contributed by atoms with Gasteiger partial charge in [-0.05, 0) is 46.3 Å². The van der Waals surface area contributed by atoms with E-state index in [1.807, 2.05) is 0 Å². The van der Waals surface area contributed by atoms with Gasteiger partial charge in [-0.25, -0.2) is 13.9 Å². The first-order chi connectivity index (χ1) is 12.5. The number of thioether (sulfide) groups is 1. The predicted molar refractivity (Wildman–Crippen MR) is 93.6 cm³/mol. The van der Waals surface area contributed by atoms with Crippen molar-refractivity contribution in [3.8, 4) is 11.3 Å². The fraction of sp³-hybridized carbons (Fsp3) is 0. The molecule has 3 aromatic rings. The normalized spacial score (nSPS) is 16.0. The van der Waals surface area contributed by atoms with Crippen molar-refractivity contribution < 1.29 is 18.2 Å². The Labute approximate surface area is 149 Å². The molecule has 0 aliphatic carbocycles. The minimum Gasteiger partial charge on any atom is -0.457 e. The second-order valence-corrected chi connectivity index (χ2v) is 6.27. The van der Waals surface area contributed by atoms with Crippen LogP contribution in [-0.2, 0) is 4.79 Å². The lowest BCUT2D eigenvalue weighted by Gasteiger charge is -2.08. The number of furan rings is 1. The highest BCUT2D eigenvalue weighted by molar-refractivity contribution is 8.19. The number of hydrogen-bond acceptors (Lipinski definition) is 8. The Balaban J connectivity index is 1.63. The van der Waals surface area contributed by atoms with Gasteiger partial charge in [-0.2, -0.15) is 0 Å². The Hall–Kier alpha value is -3.40. The van der Waals surface area contributed by atoms with Crippen LogP contribution in [0.2, 0.25) is 0 Å². The maximum absolute atomic E-state index is 13.3. The second-order valence-electron chi connectivity index (χ2n) is 5.24. The molecule has 1 amide bonds. The third kappa shape index (κ3) is 2.75. The van der Waals surface area contributed by atoms with Gasteiger partial charge in [0, 0.05) is 11.6 Å². The molecule has 0 unspecified atom stereocenters. The summed E-state index contributed by atoms with van der Waals surface area (Å²) in [6, 6.07) is 9.31. The number of anilines is 2. The fourth-order valence-corrected chi connectivity index (χ4v) is 3.20. The van der Waals surface area contributed by atoms with Crippen LogP contribution >= 0.6 is 11.8 Å². The molecule has 0 atom stereocenters. The van der Waals surface area contributed by atoms with E-state index in [2.05, 4.69) is 14.9 Å². The highest BCUT2D eigenvalue weighted by Crippen LogP contribution is 2.36. The molecular weight excluding hydrogens is 361 g/mol. The number of carbonyl (C=O) groups excluding carboxylic acids is 1. The summed E-state index contributed by atoms with van der Waals surface area (Å²) in [5, 5.41) is 14.8. The number of amidine groups is 1. The van der Waals surface area contributed by atoms with Crippen LogP contribution in [-0.4, -0.2) is 21.4 Å². The van der Waals surface area contributed by atoms with Crippen LogP contribution in [0.5, 0.6) is 0 Å².